The fourth-order valence-corrected chi connectivity index (χ4v) is 5.90. The molecule has 2 nitrogen and oxygen atoms in total. The lowest BCUT2D eigenvalue weighted by Crippen LogP contribution is -2.55. The lowest BCUT2D eigenvalue weighted by atomic mass is 9.49. The second-order valence-electron chi connectivity index (χ2n) is 8.35. The summed E-state index contributed by atoms with van der Waals surface area (Å²) in [6, 6.07) is 0. The molecule has 2 unspecified atom stereocenters. The first kappa shape index (κ1) is 16.1. The average Bonchev–Trinajstić information content (AvgIpc) is 2.55. The van der Waals surface area contributed by atoms with Crippen LogP contribution in [-0.4, -0.2) is 16.5 Å². The first-order valence-corrected chi connectivity index (χ1v) is 9.48. The molecule has 0 amide bonds. The molecule has 0 saturated heterocycles. The van der Waals surface area contributed by atoms with Gasteiger partial charge in [0, 0.05) is 11.8 Å². The highest BCUT2D eigenvalue weighted by Gasteiger charge is 2.55. The summed E-state index contributed by atoms with van der Waals surface area (Å²) in [5, 5.41) is 11.4. The number of aliphatic hydroxyl groups is 1. The Labute approximate surface area is 145 Å². The Morgan fingerprint density at radius 3 is 2.96 bits per heavy atom. The van der Waals surface area contributed by atoms with Crippen LogP contribution in [0.2, 0.25) is 0 Å². The minimum absolute atomic E-state index is 0.167. The van der Waals surface area contributed by atoms with Gasteiger partial charge in [0.2, 0.25) is 0 Å². The smallest absolute Gasteiger partial charge is 0.156 e. The normalized spacial score (nSPS) is 41.2. The van der Waals surface area contributed by atoms with Gasteiger partial charge in [0.1, 0.15) is 0 Å². The molecule has 0 aromatic carbocycles. The number of allylic oxidation sites excluding steroid dienone is 5. The van der Waals surface area contributed by atoms with E-state index < -0.39 is 5.60 Å². The van der Waals surface area contributed by atoms with Crippen molar-refractivity contribution in [2.45, 2.75) is 63.9 Å². The molecule has 2 heteroatoms. The largest absolute Gasteiger partial charge is 0.389 e. The van der Waals surface area contributed by atoms with Gasteiger partial charge in [-0.1, -0.05) is 31.6 Å². The van der Waals surface area contributed by atoms with Crippen LogP contribution in [0.1, 0.15) is 58.3 Å². The van der Waals surface area contributed by atoms with Crippen molar-refractivity contribution in [2.75, 3.05) is 0 Å². The molecule has 4 atom stereocenters. The van der Waals surface area contributed by atoms with Gasteiger partial charge in [0.25, 0.3) is 0 Å². The molecule has 1 N–H and O–H groups in total. The Hall–Kier alpha value is -1.41. The Kier molecular flexibility index (Phi) is 3.72. The lowest BCUT2D eigenvalue weighted by Gasteiger charge is -2.57. The van der Waals surface area contributed by atoms with Crippen molar-refractivity contribution in [1.29, 1.82) is 0 Å². The third-order valence-corrected chi connectivity index (χ3v) is 7.27. The van der Waals surface area contributed by atoms with Gasteiger partial charge in [-0.05, 0) is 73.2 Å². The minimum Gasteiger partial charge on any atom is -0.389 e. The summed E-state index contributed by atoms with van der Waals surface area (Å²) in [4.78, 5) is 11.8. The number of hydrogen-bond acceptors (Lipinski definition) is 2. The fraction of sp³-hybridized carbons (Fsp3) is 0.591. The predicted octanol–water partition coefficient (Wildman–Crippen LogP) is 4.67. The van der Waals surface area contributed by atoms with Gasteiger partial charge in [-0.15, -0.1) is 6.58 Å². The van der Waals surface area contributed by atoms with Crippen molar-refractivity contribution in [1.82, 2.24) is 0 Å². The van der Waals surface area contributed by atoms with E-state index in [4.69, 9.17) is 0 Å². The van der Waals surface area contributed by atoms with Crippen LogP contribution in [-0.2, 0) is 4.79 Å². The average molecular weight is 324 g/mol. The monoisotopic (exact) mass is 324 g/mol. The van der Waals surface area contributed by atoms with E-state index in [1.165, 1.54) is 23.1 Å². The van der Waals surface area contributed by atoms with Crippen LogP contribution in [0, 0.1) is 17.3 Å². The molecule has 1 fully saturated rings. The first-order valence-electron chi connectivity index (χ1n) is 9.48. The molecule has 1 saturated carbocycles. The Balaban J connectivity index is 1.80. The molecule has 0 spiro atoms. The Morgan fingerprint density at radius 2 is 2.17 bits per heavy atom. The summed E-state index contributed by atoms with van der Waals surface area (Å²) in [6.45, 7) is 6.14. The van der Waals surface area contributed by atoms with Crippen LogP contribution < -0.4 is 0 Å². The number of carbonyl (C=O) groups excluding carboxylic acids is 1. The number of rotatable bonds is 2. The number of carbonyl (C=O) groups is 1. The highest BCUT2D eigenvalue weighted by atomic mass is 16.3. The summed E-state index contributed by atoms with van der Waals surface area (Å²) in [5.74, 6) is 1.33. The predicted molar refractivity (Wildman–Crippen MR) is 96.4 cm³/mol. The summed E-state index contributed by atoms with van der Waals surface area (Å²) in [7, 11) is 0. The topological polar surface area (TPSA) is 37.3 Å². The maximum absolute atomic E-state index is 11.8. The molecule has 0 aromatic heterocycles. The minimum atomic E-state index is -0.664. The van der Waals surface area contributed by atoms with Crippen molar-refractivity contribution in [3.8, 4) is 0 Å². The zero-order valence-corrected chi connectivity index (χ0v) is 14.7. The van der Waals surface area contributed by atoms with Crippen molar-refractivity contribution >= 4 is 5.78 Å². The number of ketones is 1. The van der Waals surface area contributed by atoms with E-state index in [2.05, 4.69) is 25.7 Å². The molecule has 4 rings (SSSR count). The van der Waals surface area contributed by atoms with Gasteiger partial charge in [-0.2, -0.15) is 0 Å². The molecule has 0 heterocycles. The quantitative estimate of drug-likeness (QED) is 0.750. The van der Waals surface area contributed by atoms with Crippen molar-refractivity contribution < 1.29 is 9.90 Å². The lowest BCUT2D eigenvalue weighted by molar-refractivity contribution is -0.121. The molecule has 0 radical (unpaired) electrons. The third-order valence-electron chi connectivity index (χ3n) is 7.27. The molecular weight excluding hydrogens is 296 g/mol. The van der Waals surface area contributed by atoms with Crippen LogP contribution in [0.15, 0.2) is 47.6 Å². The number of fused-ring (bicyclic) bond motifs is 4. The molecule has 4 aliphatic carbocycles. The van der Waals surface area contributed by atoms with E-state index in [-0.39, 0.29) is 11.2 Å². The van der Waals surface area contributed by atoms with Crippen molar-refractivity contribution in [3.05, 3.63) is 47.6 Å². The second kappa shape index (κ2) is 5.56. The van der Waals surface area contributed by atoms with Gasteiger partial charge in [-0.3, -0.25) is 4.79 Å². The maximum atomic E-state index is 11.8. The molecule has 0 aromatic rings. The van der Waals surface area contributed by atoms with E-state index in [1.54, 1.807) is 0 Å². The number of hydrogen-bond donors (Lipinski definition) is 1. The van der Waals surface area contributed by atoms with E-state index in [0.29, 0.717) is 24.7 Å². The fourth-order valence-electron chi connectivity index (χ4n) is 5.90. The molecule has 4 aliphatic rings. The van der Waals surface area contributed by atoms with Crippen LogP contribution in [0.3, 0.4) is 0 Å². The summed E-state index contributed by atoms with van der Waals surface area (Å²) >= 11 is 0. The SMILES string of the molecule is C=CC[C@]1(O)CCCC2C3CCC4=CC(=O)CCC4=C3C=C[C@@]21C. The molecule has 0 bridgehead atoms. The molecule has 0 aliphatic heterocycles. The first-order chi connectivity index (χ1) is 11.5. The standard InChI is InChI=1S/C22H28O2/c1-3-11-22(24)12-4-5-20-19-8-6-15-14-16(23)7-9-17(15)18(19)10-13-21(20,22)2/h3,10,13-14,19-20,24H,1,4-9,11-12H2,2H3/t19?,20?,21-,22-/m0/s1. The highest BCUT2D eigenvalue weighted by molar-refractivity contribution is 5.93. The zero-order chi connectivity index (χ0) is 16.9. The van der Waals surface area contributed by atoms with Gasteiger partial charge in [0.05, 0.1) is 5.60 Å². The summed E-state index contributed by atoms with van der Waals surface area (Å²) in [6.07, 6.45) is 15.9. The second-order valence-corrected chi connectivity index (χ2v) is 8.35. The third kappa shape index (κ3) is 2.15. The van der Waals surface area contributed by atoms with Crippen LogP contribution >= 0.6 is 0 Å². The van der Waals surface area contributed by atoms with Crippen LogP contribution in [0.4, 0.5) is 0 Å². The van der Waals surface area contributed by atoms with Crippen LogP contribution in [0.25, 0.3) is 0 Å². The van der Waals surface area contributed by atoms with Gasteiger partial charge in [0.15, 0.2) is 5.78 Å². The molecule has 24 heavy (non-hydrogen) atoms. The van der Waals surface area contributed by atoms with E-state index in [1.807, 2.05) is 12.2 Å². The Bertz CT molecular complexity index is 680. The van der Waals surface area contributed by atoms with E-state index in [9.17, 15) is 9.90 Å². The summed E-state index contributed by atoms with van der Waals surface area (Å²) in [5.41, 5.74) is 3.35. The molecular formula is C22H28O2. The maximum Gasteiger partial charge on any atom is 0.156 e. The summed E-state index contributed by atoms with van der Waals surface area (Å²) < 4.78 is 0. The van der Waals surface area contributed by atoms with Crippen molar-refractivity contribution in [3.63, 3.8) is 0 Å². The van der Waals surface area contributed by atoms with Crippen molar-refractivity contribution in [2.24, 2.45) is 17.3 Å². The Morgan fingerprint density at radius 1 is 1.33 bits per heavy atom. The van der Waals surface area contributed by atoms with E-state index in [0.717, 1.165) is 32.1 Å². The zero-order valence-electron chi connectivity index (χ0n) is 14.7. The highest BCUT2D eigenvalue weighted by Crippen LogP contribution is 2.59. The van der Waals surface area contributed by atoms with E-state index >= 15 is 0 Å². The van der Waals surface area contributed by atoms with Gasteiger partial charge in [-0.25, -0.2) is 0 Å². The van der Waals surface area contributed by atoms with Gasteiger partial charge < -0.3 is 5.11 Å². The van der Waals surface area contributed by atoms with Gasteiger partial charge >= 0.3 is 0 Å². The van der Waals surface area contributed by atoms with Crippen LogP contribution in [0.5, 0.6) is 0 Å². The molecule has 128 valence electrons.